The zero-order valence-electron chi connectivity index (χ0n) is 11.3. The number of benzene rings is 1. The molecule has 1 aromatic rings. The molecule has 1 aromatic carbocycles. The van der Waals surface area contributed by atoms with Crippen LogP contribution in [0.3, 0.4) is 0 Å². The second-order valence-corrected chi connectivity index (χ2v) is 5.59. The molecule has 0 bridgehead atoms. The van der Waals surface area contributed by atoms with Gasteiger partial charge in [-0.25, -0.2) is 0 Å². The molecule has 0 aliphatic carbocycles. The molecule has 102 valence electrons. The third kappa shape index (κ3) is 3.54. The summed E-state index contributed by atoms with van der Waals surface area (Å²) in [7, 11) is 0. The summed E-state index contributed by atoms with van der Waals surface area (Å²) in [5, 5.41) is 2.53. The van der Waals surface area contributed by atoms with Crippen LogP contribution < -0.4 is 16.0 Å². The molecular weight excluding hydrogens is 242 g/mol. The topological polar surface area (TPSA) is 75.4 Å². The average molecular weight is 261 g/mol. The summed E-state index contributed by atoms with van der Waals surface area (Å²) in [5.41, 5.74) is 7.57. The maximum atomic E-state index is 11.7. The predicted molar refractivity (Wildman–Crippen MR) is 73.8 cm³/mol. The quantitative estimate of drug-likeness (QED) is 0.828. The van der Waals surface area contributed by atoms with Crippen molar-refractivity contribution >= 4 is 17.5 Å². The van der Waals surface area contributed by atoms with Crippen LogP contribution in [0.1, 0.15) is 19.4 Å². The Kier molecular flexibility index (Phi) is 3.57. The van der Waals surface area contributed by atoms with Gasteiger partial charge in [0.15, 0.2) is 0 Å². The van der Waals surface area contributed by atoms with Crippen LogP contribution in [0.4, 0.5) is 5.69 Å². The van der Waals surface area contributed by atoms with Gasteiger partial charge in [0.25, 0.3) is 0 Å². The molecule has 1 saturated heterocycles. The second-order valence-electron chi connectivity index (χ2n) is 5.59. The van der Waals surface area contributed by atoms with Crippen molar-refractivity contribution in [3.8, 4) is 0 Å². The molecule has 0 radical (unpaired) electrons. The highest BCUT2D eigenvalue weighted by molar-refractivity contribution is 6.04. The number of nitrogens with two attached hydrogens (primary N) is 1. The number of carbonyl (C=O) groups excluding carboxylic acids is 2. The molecule has 1 heterocycles. The summed E-state index contributed by atoms with van der Waals surface area (Å²) in [5.74, 6) is -0.224. The second kappa shape index (κ2) is 5.01. The molecule has 0 aromatic heterocycles. The van der Waals surface area contributed by atoms with E-state index < -0.39 is 0 Å². The lowest BCUT2D eigenvalue weighted by Crippen LogP contribution is -2.51. The van der Waals surface area contributed by atoms with E-state index in [1.54, 1.807) is 0 Å². The third-order valence-electron chi connectivity index (χ3n) is 2.95. The molecule has 5 heteroatoms. The first-order valence-electron chi connectivity index (χ1n) is 6.30. The maximum absolute atomic E-state index is 11.7. The van der Waals surface area contributed by atoms with Crippen molar-refractivity contribution < 1.29 is 9.59 Å². The number of nitrogens with one attached hydrogen (secondary N) is 1. The summed E-state index contributed by atoms with van der Waals surface area (Å²) >= 11 is 0. The number of amides is 2. The minimum atomic E-state index is -0.262. The summed E-state index contributed by atoms with van der Waals surface area (Å²) in [6.45, 7) is 4.09. The van der Waals surface area contributed by atoms with Crippen LogP contribution in [0.15, 0.2) is 24.3 Å². The van der Waals surface area contributed by atoms with Crippen LogP contribution in [0.25, 0.3) is 0 Å². The van der Waals surface area contributed by atoms with Crippen molar-refractivity contribution in [1.82, 2.24) is 5.32 Å². The first-order chi connectivity index (χ1) is 8.85. The van der Waals surface area contributed by atoms with Gasteiger partial charge in [-0.2, -0.15) is 0 Å². The molecular formula is C14H19N3O2. The Labute approximate surface area is 112 Å². The minimum Gasteiger partial charge on any atom is -0.345 e. The molecule has 19 heavy (non-hydrogen) atoms. The molecule has 1 aliphatic heterocycles. The zero-order valence-corrected chi connectivity index (χ0v) is 11.3. The SMILES string of the molecule is CC(C)(N)Cc1ccc(N2CC(=O)NCC2=O)cc1. The highest BCUT2D eigenvalue weighted by Crippen LogP contribution is 2.18. The first kappa shape index (κ1) is 13.5. The van der Waals surface area contributed by atoms with Crippen LogP contribution in [-0.2, 0) is 16.0 Å². The monoisotopic (exact) mass is 261 g/mol. The highest BCUT2D eigenvalue weighted by Gasteiger charge is 2.24. The first-order valence-corrected chi connectivity index (χ1v) is 6.30. The molecule has 0 spiro atoms. The van der Waals surface area contributed by atoms with Gasteiger partial charge < -0.3 is 16.0 Å². The normalized spacial score (nSPS) is 16.5. The van der Waals surface area contributed by atoms with Crippen molar-refractivity contribution in [2.75, 3.05) is 18.0 Å². The smallest absolute Gasteiger partial charge is 0.246 e. The fraction of sp³-hybridized carbons (Fsp3) is 0.429. The minimum absolute atomic E-state index is 0.0659. The van der Waals surface area contributed by atoms with Crippen molar-refractivity contribution in [1.29, 1.82) is 0 Å². The molecule has 0 saturated carbocycles. The molecule has 3 N–H and O–H groups in total. The number of hydrogen-bond acceptors (Lipinski definition) is 3. The van der Waals surface area contributed by atoms with Crippen LogP contribution in [0, 0.1) is 0 Å². The lowest BCUT2D eigenvalue weighted by atomic mass is 9.96. The summed E-state index contributed by atoms with van der Waals surface area (Å²) in [6, 6.07) is 7.61. The Balaban J connectivity index is 2.13. The van der Waals surface area contributed by atoms with E-state index in [-0.39, 0.29) is 30.4 Å². The molecule has 1 fully saturated rings. The Morgan fingerprint density at radius 1 is 1.26 bits per heavy atom. The maximum Gasteiger partial charge on any atom is 0.246 e. The van der Waals surface area contributed by atoms with Gasteiger partial charge in [-0.05, 0) is 38.0 Å². The van der Waals surface area contributed by atoms with Crippen LogP contribution in [0.5, 0.6) is 0 Å². The van der Waals surface area contributed by atoms with Gasteiger partial charge in [0, 0.05) is 11.2 Å². The fourth-order valence-electron chi connectivity index (χ4n) is 2.11. The van der Waals surface area contributed by atoms with E-state index >= 15 is 0 Å². The summed E-state index contributed by atoms with van der Waals surface area (Å²) in [6.07, 6.45) is 0.766. The van der Waals surface area contributed by atoms with Crippen LogP contribution in [0.2, 0.25) is 0 Å². The van der Waals surface area contributed by atoms with Crippen molar-refractivity contribution in [3.63, 3.8) is 0 Å². The van der Waals surface area contributed by atoms with Gasteiger partial charge in [-0.1, -0.05) is 12.1 Å². The number of rotatable bonds is 3. The Morgan fingerprint density at radius 3 is 2.47 bits per heavy atom. The number of hydrogen-bond donors (Lipinski definition) is 2. The molecule has 2 rings (SSSR count). The van der Waals surface area contributed by atoms with Gasteiger partial charge in [0.05, 0.1) is 6.54 Å². The van der Waals surface area contributed by atoms with E-state index in [0.29, 0.717) is 0 Å². The summed E-state index contributed by atoms with van der Waals surface area (Å²) in [4.78, 5) is 24.6. The molecule has 0 atom stereocenters. The van der Waals surface area contributed by atoms with Gasteiger partial charge in [0.1, 0.15) is 6.54 Å². The van der Waals surface area contributed by atoms with Gasteiger partial charge in [0.2, 0.25) is 11.8 Å². The Morgan fingerprint density at radius 2 is 1.89 bits per heavy atom. The van der Waals surface area contributed by atoms with E-state index in [9.17, 15) is 9.59 Å². The number of carbonyl (C=O) groups is 2. The molecule has 2 amide bonds. The van der Waals surface area contributed by atoms with Gasteiger partial charge >= 0.3 is 0 Å². The largest absolute Gasteiger partial charge is 0.345 e. The fourth-order valence-corrected chi connectivity index (χ4v) is 2.11. The highest BCUT2D eigenvalue weighted by atomic mass is 16.2. The van der Waals surface area contributed by atoms with E-state index in [0.717, 1.165) is 17.7 Å². The lowest BCUT2D eigenvalue weighted by molar-refractivity contribution is -0.128. The number of anilines is 1. The molecule has 0 unspecified atom stereocenters. The third-order valence-corrected chi connectivity index (χ3v) is 2.95. The van der Waals surface area contributed by atoms with E-state index in [4.69, 9.17) is 5.73 Å². The van der Waals surface area contributed by atoms with Crippen molar-refractivity contribution in [3.05, 3.63) is 29.8 Å². The van der Waals surface area contributed by atoms with Crippen molar-refractivity contribution in [2.24, 2.45) is 5.73 Å². The van der Waals surface area contributed by atoms with Crippen LogP contribution >= 0.6 is 0 Å². The van der Waals surface area contributed by atoms with E-state index in [1.807, 2.05) is 38.1 Å². The Hall–Kier alpha value is -1.88. The van der Waals surface area contributed by atoms with E-state index in [2.05, 4.69) is 5.32 Å². The van der Waals surface area contributed by atoms with Gasteiger partial charge in [-0.3, -0.25) is 9.59 Å². The molecule has 5 nitrogen and oxygen atoms in total. The Bertz CT molecular complexity index is 488. The predicted octanol–water partition coefficient (Wildman–Crippen LogP) is 0.429. The van der Waals surface area contributed by atoms with Gasteiger partial charge in [-0.15, -0.1) is 0 Å². The standard InChI is InChI=1S/C14H19N3O2/c1-14(2,15)7-10-3-5-11(6-4-10)17-9-12(18)16-8-13(17)19/h3-6H,7-9,15H2,1-2H3,(H,16,18). The lowest BCUT2D eigenvalue weighted by Gasteiger charge is -2.27. The molecule has 1 aliphatic rings. The van der Waals surface area contributed by atoms with E-state index in [1.165, 1.54) is 4.90 Å². The average Bonchev–Trinajstić information content (AvgIpc) is 2.31. The van der Waals surface area contributed by atoms with Crippen molar-refractivity contribution in [2.45, 2.75) is 25.8 Å². The summed E-state index contributed by atoms with van der Waals surface area (Å²) < 4.78 is 0. The zero-order chi connectivity index (χ0) is 14.0. The number of nitrogens with zero attached hydrogens (tertiary/aromatic N) is 1. The number of piperazine rings is 1. The van der Waals surface area contributed by atoms with Crippen LogP contribution in [-0.4, -0.2) is 30.4 Å².